The Hall–Kier alpha value is -2.18. The molecule has 1 heterocycles. The maximum absolute atomic E-state index is 12.5. The van der Waals surface area contributed by atoms with Crippen LogP contribution in [0, 0.1) is 5.92 Å². The largest absolute Gasteiger partial charge is 0.424 e. The van der Waals surface area contributed by atoms with Gasteiger partial charge >= 0.3 is 5.97 Å². The van der Waals surface area contributed by atoms with Gasteiger partial charge in [0.25, 0.3) is 0 Å². The van der Waals surface area contributed by atoms with E-state index >= 15 is 0 Å². The van der Waals surface area contributed by atoms with Crippen LogP contribution in [-0.2, 0) is 4.79 Å². The number of pyridine rings is 1. The Balaban J connectivity index is 1.81. The molecule has 2 aromatic rings. The van der Waals surface area contributed by atoms with Crippen LogP contribution in [-0.4, -0.2) is 28.6 Å². The minimum absolute atomic E-state index is 0.103. The molecule has 30 heavy (non-hydrogen) atoms. The van der Waals surface area contributed by atoms with Crippen molar-refractivity contribution in [2.75, 3.05) is 6.54 Å². The van der Waals surface area contributed by atoms with Crippen LogP contribution >= 0.6 is 0 Å². The highest BCUT2D eigenvalue weighted by molar-refractivity contribution is 5.89. The second-order valence-electron chi connectivity index (χ2n) is 8.30. The molecule has 3 rings (SSSR count). The monoisotopic (exact) mass is 414 g/mol. The SMILES string of the molecule is CCNC(CC)C(O)c1ccc(OC(=O)CCC2CCCCC2)c2[nH]c(=O)ccc12. The zero-order valence-electron chi connectivity index (χ0n) is 18.1. The molecule has 3 N–H and O–H groups in total. The van der Waals surface area contributed by atoms with Crippen LogP contribution in [0.2, 0.25) is 0 Å². The van der Waals surface area contributed by atoms with Crippen LogP contribution in [0.3, 0.4) is 0 Å². The molecule has 1 aliphatic carbocycles. The number of benzene rings is 1. The van der Waals surface area contributed by atoms with E-state index in [4.69, 9.17) is 4.74 Å². The zero-order valence-corrected chi connectivity index (χ0v) is 18.1. The normalized spacial score (nSPS) is 17.0. The molecule has 1 aromatic carbocycles. The molecule has 0 saturated heterocycles. The van der Waals surface area contributed by atoms with Gasteiger partial charge in [0.2, 0.25) is 5.56 Å². The van der Waals surface area contributed by atoms with Gasteiger partial charge in [-0.1, -0.05) is 52.0 Å². The summed E-state index contributed by atoms with van der Waals surface area (Å²) in [5.41, 5.74) is 0.889. The molecule has 0 amide bonds. The van der Waals surface area contributed by atoms with E-state index in [0.29, 0.717) is 34.6 Å². The van der Waals surface area contributed by atoms with Crippen molar-refractivity contribution in [2.24, 2.45) is 5.92 Å². The molecule has 6 heteroatoms. The maximum atomic E-state index is 12.5. The van der Waals surface area contributed by atoms with Gasteiger partial charge in [-0.15, -0.1) is 0 Å². The highest BCUT2D eigenvalue weighted by atomic mass is 16.5. The fraction of sp³-hybridized carbons (Fsp3) is 0.583. The number of fused-ring (bicyclic) bond motifs is 1. The summed E-state index contributed by atoms with van der Waals surface area (Å²) in [6, 6.07) is 6.48. The Morgan fingerprint density at radius 1 is 1.20 bits per heavy atom. The number of ether oxygens (including phenoxy) is 1. The molecule has 1 aromatic heterocycles. The summed E-state index contributed by atoms with van der Waals surface area (Å²) in [5, 5.41) is 14.9. The first kappa shape index (κ1) is 22.5. The Labute approximate surface area is 178 Å². The van der Waals surface area contributed by atoms with Crippen molar-refractivity contribution in [2.45, 2.75) is 77.4 Å². The van der Waals surface area contributed by atoms with Crippen LogP contribution in [0.4, 0.5) is 0 Å². The Bertz CT molecular complexity index is 902. The molecule has 1 fully saturated rings. The summed E-state index contributed by atoms with van der Waals surface area (Å²) in [4.78, 5) is 27.2. The van der Waals surface area contributed by atoms with Crippen molar-refractivity contribution < 1.29 is 14.6 Å². The molecule has 1 saturated carbocycles. The van der Waals surface area contributed by atoms with E-state index in [1.807, 2.05) is 13.8 Å². The van der Waals surface area contributed by atoms with Crippen molar-refractivity contribution in [3.8, 4) is 5.75 Å². The number of H-pyrrole nitrogens is 1. The molecular formula is C24H34N2O4. The van der Waals surface area contributed by atoms with E-state index in [-0.39, 0.29) is 17.6 Å². The summed E-state index contributed by atoms with van der Waals surface area (Å²) in [6.07, 6.45) is 7.45. The third kappa shape index (κ3) is 5.49. The number of carbonyl (C=O) groups excluding carboxylic acids is 1. The van der Waals surface area contributed by atoms with Gasteiger partial charge in [0.15, 0.2) is 5.75 Å². The number of rotatable bonds is 9. The third-order valence-electron chi connectivity index (χ3n) is 6.20. The van der Waals surface area contributed by atoms with E-state index in [0.717, 1.165) is 19.4 Å². The van der Waals surface area contributed by atoms with Gasteiger partial charge in [-0.05, 0) is 43.0 Å². The lowest BCUT2D eigenvalue weighted by atomic mass is 9.86. The van der Waals surface area contributed by atoms with Gasteiger partial charge < -0.3 is 20.1 Å². The maximum Gasteiger partial charge on any atom is 0.311 e. The summed E-state index contributed by atoms with van der Waals surface area (Å²) < 4.78 is 5.64. The number of esters is 1. The lowest BCUT2D eigenvalue weighted by Gasteiger charge is -2.24. The van der Waals surface area contributed by atoms with Gasteiger partial charge in [-0.25, -0.2) is 0 Å². The van der Waals surface area contributed by atoms with Crippen molar-refractivity contribution >= 4 is 16.9 Å². The van der Waals surface area contributed by atoms with Gasteiger partial charge in [0.05, 0.1) is 11.6 Å². The second-order valence-corrected chi connectivity index (χ2v) is 8.30. The number of aromatic nitrogens is 1. The average molecular weight is 415 g/mol. The second kappa shape index (κ2) is 10.7. The van der Waals surface area contributed by atoms with Crippen LogP contribution in [0.1, 0.15) is 76.9 Å². The average Bonchev–Trinajstić information content (AvgIpc) is 2.76. The van der Waals surface area contributed by atoms with Crippen LogP contribution in [0.25, 0.3) is 10.9 Å². The molecule has 2 unspecified atom stereocenters. The molecule has 1 aliphatic rings. The summed E-state index contributed by atoms with van der Waals surface area (Å²) in [5.74, 6) is 0.667. The zero-order chi connectivity index (χ0) is 21.5. The molecular weight excluding hydrogens is 380 g/mol. The van der Waals surface area contributed by atoms with E-state index in [1.54, 1.807) is 18.2 Å². The molecule has 164 valence electrons. The van der Waals surface area contributed by atoms with Crippen LogP contribution in [0.15, 0.2) is 29.1 Å². The van der Waals surface area contributed by atoms with Crippen LogP contribution < -0.4 is 15.6 Å². The molecule has 2 atom stereocenters. The first-order chi connectivity index (χ1) is 14.5. The van der Waals surface area contributed by atoms with E-state index in [2.05, 4.69) is 10.3 Å². The molecule has 0 bridgehead atoms. The quantitative estimate of drug-likeness (QED) is 0.422. The van der Waals surface area contributed by atoms with Crippen molar-refractivity contribution in [1.29, 1.82) is 0 Å². The topological polar surface area (TPSA) is 91.4 Å². The first-order valence-electron chi connectivity index (χ1n) is 11.3. The predicted molar refractivity (Wildman–Crippen MR) is 119 cm³/mol. The fourth-order valence-corrected chi connectivity index (χ4v) is 4.52. The number of carbonyl (C=O) groups is 1. The lowest BCUT2D eigenvalue weighted by molar-refractivity contribution is -0.134. The molecule has 0 spiro atoms. The smallest absolute Gasteiger partial charge is 0.311 e. The van der Waals surface area contributed by atoms with Gasteiger partial charge in [0, 0.05) is 23.9 Å². The number of aliphatic hydroxyl groups is 1. The van der Waals surface area contributed by atoms with E-state index in [1.165, 1.54) is 38.2 Å². The summed E-state index contributed by atoms with van der Waals surface area (Å²) in [7, 11) is 0. The van der Waals surface area contributed by atoms with E-state index in [9.17, 15) is 14.7 Å². The summed E-state index contributed by atoms with van der Waals surface area (Å²) >= 11 is 0. The number of hydrogen-bond donors (Lipinski definition) is 3. The minimum Gasteiger partial charge on any atom is -0.424 e. The molecule has 0 radical (unpaired) electrons. The molecule has 0 aliphatic heterocycles. The minimum atomic E-state index is -0.737. The van der Waals surface area contributed by atoms with Crippen molar-refractivity contribution in [3.05, 3.63) is 40.2 Å². The Morgan fingerprint density at radius 3 is 2.67 bits per heavy atom. The summed E-state index contributed by atoms with van der Waals surface area (Å²) in [6.45, 7) is 4.77. The molecule has 6 nitrogen and oxygen atoms in total. The van der Waals surface area contributed by atoms with Gasteiger partial charge in [-0.2, -0.15) is 0 Å². The first-order valence-corrected chi connectivity index (χ1v) is 11.3. The van der Waals surface area contributed by atoms with E-state index < -0.39 is 6.10 Å². The third-order valence-corrected chi connectivity index (χ3v) is 6.20. The number of nitrogens with one attached hydrogen (secondary N) is 2. The Kier molecular flexibility index (Phi) is 8.05. The van der Waals surface area contributed by atoms with Crippen molar-refractivity contribution in [1.82, 2.24) is 10.3 Å². The van der Waals surface area contributed by atoms with Gasteiger partial charge in [0.1, 0.15) is 0 Å². The van der Waals surface area contributed by atoms with Crippen LogP contribution in [0.5, 0.6) is 5.75 Å². The van der Waals surface area contributed by atoms with Gasteiger partial charge in [-0.3, -0.25) is 9.59 Å². The van der Waals surface area contributed by atoms with Crippen molar-refractivity contribution in [3.63, 3.8) is 0 Å². The highest BCUT2D eigenvalue weighted by Crippen LogP contribution is 2.32. The number of aromatic amines is 1. The predicted octanol–water partition coefficient (Wildman–Crippen LogP) is 4.22. The standard InChI is InChI=1S/C24H34N2O4/c1-3-19(25-4-2)24(29)18-11-13-20(23-17(18)12-14-21(27)26-23)30-22(28)15-10-16-8-6-5-7-9-16/h11-14,16,19,24-25,29H,3-10,15H2,1-2H3,(H,26,27). The highest BCUT2D eigenvalue weighted by Gasteiger charge is 2.22. The fourth-order valence-electron chi connectivity index (χ4n) is 4.52. The number of aliphatic hydroxyl groups excluding tert-OH is 1. The number of likely N-dealkylation sites (N-methyl/N-ethyl adjacent to an activating group) is 1. The Morgan fingerprint density at radius 2 is 1.97 bits per heavy atom. The lowest BCUT2D eigenvalue weighted by Crippen LogP contribution is -2.34. The number of hydrogen-bond acceptors (Lipinski definition) is 5.